The van der Waals surface area contributed by atoms with E-state index in [9.17, 15) is 22.8 Å². The number of alkyl halides is 3. The number of aryl methyl sites for hydroxylation is 1. The second kappa shape index (κ2) is 8.84. The lowest BCUT2D eigenvalue weighted by atomic mass is 9.88. The molecule has 5 nitrogen and oxygen atoms in total. The van der Waals surface area contributed by atoms with E-state index in [1.807, 2.05) is 11.8 Å². The van der Waals surface area contributed by atoms with Gasteiger partial charge in [-0.05, 0) is 66.5 Å². The zero-order valence-corrected chi connectivity index (χ0v) is 17.8. The quantitative estimate of drug-likeness (QED) is 0.616. The number of carbonyl (C=O) groups excluding carboxylic acids is 2. The number of ether oxygens (including phenoxy) is 1. The fourth-order valence-electron chi connectivity index (χ4n) is 4.67. The normalized spacial score (nSPS) is 16.9. The Morgan fingerprint density at radius 2 is 1.78 bits per heavy atom. The molecule has 0 saturated carbocycles. The Labute approximate surface area is 184 Å². The van der Waals surface area contributed by atoms with Crippen LogP contribution in [-0.4, -0.2) is 41.6 Å². The van der Waals surface area contributed by atoms with Crippen LogP contribution in [0.5, 0.6) is 5.75 Å². The van der Waals surface area contributed by atoms with Gasteiger partial charge in [0.05, 0.1) is 0 Å². The molecule has 8 heteroatoms. The number of nitrogens with zero attached hydrogens (tertiary/aromatic N) is 2. The maximum atomic E-state index is 13.0. The SMILES string of the molecule is Cc1cc(CC2CCN(C=O)CC2)cc2c1C(=O)N(Cc1ccc(OC(F)(F)F)cc1)C2. The fraction of sp³-hybridized carbons (Fsp3) is 0.417. The molecule has 0 unspecified atom stereocenters. The predicted octanol–water partition coefficient (Wildman–Crippen LogP) is 4.46. The van der Waals surface area contributed by atoms with Crippen molar-refractivity contribution < 1.29 is 27.5 Å². The number of halogens is 3. The molecule has 170 valence electrons. The topological polar surface area (TPSA) is 49.9 Å². The van der Waals surface area contributed by atoms with Crippen LogP contribution in [0.15, 0.2) is 36.4 Å². The van der Waals surface area contributed by atoms with Gasteiger partial charge in [0.1, 0.15) is 5.75 Å². The number of benzene rings is 2. The van der Waals surface area contributed by atoms with E-state index in [0.29, 0.717) is 19.0 Å². The molecule has 2 aromatic rings. The fourth-order valence-corrected chi connectivity index (χ4v) is 4.67. The highest BCUT2D eigenvalue weighted by atomic mass is 19.4. The molecule has 32 heavy (non-hydrogen) atoms. The third kappa shape index (κ3) is 5.06. The Morgan fingerprint density at radius 3 is 2.41 bits per heavy atom. The van der Waals surface area contributed by atoms with E-state index >= 15 is 0 Å². The highest BCUT2D eigenvalue weighted by Crippen LogP contribution is 2.31. The van der Waals surface area contributed by atoms with Gasteiger partial charge in [-0.2, -0.15) is 0 Å². The van der Waals surface area contributed by atoms with Crippen molar-refractivity contribution in [2.75, 3.05) is 13.1 Å². The highest BCUT2D eigenvalue weighted by molar-refractivity contribution is 5.99. The van der Waals surface area contributed by atoms with Crippen LogP contribution in [0.1, 0.15) is 45.5 Å². The monoisotopic (exact) mass is 446 g/mol. The van der Waals surface area contributed by atoms with Crippen molar-refractivity contribution in [1.82, 2.24) is 9.80 Å². The zero-order valence-electron chi connectivity index (χ0n) is 17.8. The van der Waals surface area contributed by atoms with Gasteiger partial charge in [0.25, 0.3) is 5.91 Å². The number of piperidine rings is 1. The van der Waals surface area contributed by atoms with E-state index in [0.717, 1.165) is 61.0 Å². The van der Waals surface area contributed by atoms with Crippen LogP contribution in [0, 0.1) is 12.8 Å². The Hall–Kier alpha value is -3.03. The van der Waals surface area contributed by atoms with Gasteiger partial charge < -0.3 is 14.5 Å². The van der Waals surface area contributed by atoms with Crippen molar-refractivity contribution in [2.24, 2.45) is 5.92 Å². The minimum atomic E-state index is -4.73. The third-order valence-corrected chi connectivity index (χ3v) is 6.19. The molecule has 0 aliphatic carbocycles. The van der Waals surface area contributed by atoms with Crippen LogP contribution < -0.4 is 4.74 Å². The van der Waals surface area contributed by atoms with E-state index in [4.69, 9.17) is 0 Å². The van der Waals surface area contributed by atoms with Crippen molar-refractivity contribution >= 4 is 12.3 Å². The lowest BCUT2D eigenvalue weighted by Crippen LogP contribution is -2.33. The summed E-state index contributed by atoms with van der Waals surface area (Å²) in [5.74, 6) is 0.185. The molecule has 0 atom stereocenters. The number of likely N-dealkylation sites (tertiary alicyclic amines) is 1. The first kappa shape index (κ1) is 22.2. The van der Waals surface area contributed by atoms with Gasteiger partial charge in [-0.15, -0.1) is 13.2 Å². The summed E-state index contributed by atoms with van der Waals surface area (Å²) in [6, 6.07) is 9.79. The van der Waals surface area contributed by atoms with Crippen LogP contribution in [0.25, 0.3) is 0 Å². The standard InChI is InChI=1S/C24H25F3N2O3/c1-16-10-19(11-17-6-8-28(15-30)9-7-17)12-20-14-29(23(31)22(16)20)13-18-2-4-21(5-3-18)32-24(25,26)27/h2-5,10,12,15,17H,6-9,11,13-14H2,1H3. The first-order valence-corrected chi connectivity index (χ1v) is 10.7. The van der Waals surface area contributed by atoms with Crippen molar-refractivity contribution in [2.45, 2.75) is 45.6 Å². The first-order valence-electron chi connectivity index (χ1n) is 10.7. The number of carbonyl (C=O) groups is 2. The highest BCUT2D eigenvalue weighted by Gasteiger charge is 2.32. The second-order valence-corrected chi connectivity index (χ2v) is 8.59. The third-order valence-electron chi connectivity index (χ3n) is 6.19. The van der Waals surface area contributed by atoms with Crippen molar-refractivity contribution in [3.63, 3.8) is 0 Å². The summed E-state index contributed by atoms with van der Waals surface area (Å²) in [5, 5.41) is 0. The molecule has 2 aromatic carbocycles. The molecular weight excluding hydrogens is 421 g/mol. The van der Waals surface area contributed by atoms with Crippen molar-refractivity contribution in [3.05, 3.63) is 64.2 Å². The van der Waals surface area contributed by atoms with Gasteiger partial charge in [-0.25, -0.2) is 0 Å². The summed E-state index contributed by atoms with van der Waals surface area (Å²) >= 11 is 0. The van der Waals surface area contributed by atoms with Gasteiger partial charge in [0.15, 0.2) is 0 Å². The number of hydrogen-bond acceptors (Lipinski definition) is 3. The maximum Gasteiger partial charge on any atom is 0.573 e. The Kier molecular flexibility index (Phi) is 6.13. The maximum absolute atomic E-state index is 13.0. The summed E-state index contributed by atoms with van der Waals surface area (Å²) in [6.07, 6.45) is -0.931. The minimum Gasteiger partial charge on any atom is -0.406 e. The smallest absolute Gasteiger partial charge is 0.406 e. The predicted molar refractivity (Wildman–Crippen MR) is 112 cm³/mol. The molecule has 0 bridgehead atoms. The molecule has 0 aromatic heterocycles. The van der Waals surface area contributed by atoms with Crippen molar-refractivity contribution in [1.29, 1.82) is 0 Å². The Bertz CT molecular complexity index is 997. The van der Waals surface area contributed by atoms with Crippen LogP contribution in [0.2, 0.25) is 0 Å². The molecule has 2 amide bonds. The molecule has 0 radical (unpaired) electrons. The van der Waals surface area contributed by atoms with E-state index in [1.54, 1.807) is 17.0 Å². The first-order chi connectivity index (χ1) is 15.2. The molecule has 2 aliphatic heterocycles. The summed E-state index contributed by atoms with van der Waals surface area (Å²) in [7, 11) is 0. The van der Waals surface area contributed by atoms with E-state index < -0.39 is 6.36 Å². The van der Waals surface area contributed by atoms with Gasteiger partial charge in [-0.3, -0.25) is 9.59 Å². The van der Waals surface area contributed by atoms with Gasteiger partial charge >= 0.3 is 6.36 Å². The molecule has 4 rings (SSSR count). The molecule has 2 heterocycles. The van der Waals surface area contributed by atoms with Gasteiger partial charge in [0, 0.05) is 31.7 Å². The second-order valence-electron chi connectivity index (χ2n) is 8.59. The molecule has 1 saturated heterocycles. The average molecular weight is 446 g/mol. The summed E-state index contributed by atoms with van der Waals surface area (Å²) < 4.78 is 40.9. The van der Waals surface area contributed by atoms with E-state index in [-0.39, 0.29) is 11.7 Å². The van der Waals surface area contributed by atoms with E-state index in [1.165, 1.54) is 17.7 Å². The molecule has 0 spiro atoms. The largest absolute Gasteiger partial charge is 0.573 e. The Morgan fingerprint density at radius 1 is 1.09 bits per heavy atom. The number of fused-ring (bicyclic) bond motifs is 1. The lowest BCUT2D eigenvalue weighted by Gasteiger charge is -2.29. The average Bonchev–Trinajstić information content (AvgIpc) is 3.04. The summed E-state index contributed by atoms with van der Waals surface area (Å²) in [6.45, 7) is 4.32. The summed E-state index contributed by atoms with van der Waals surface area (Å²) in [4.78, 5) is 27.4. The molecule has 1 fully saturated rings. The van der Waals surface area contributed by atoms with Crippen LogP contribution in [0.3, 0.4) is 0 Å². The zero-order chi connectivity index (χ0) is 22.9. The van der Waals surface area contributed by atoms with Crippen LogP contribution >= 0.6 is 0 Å². The van der Waals surface area contributed by atoms with E-state index in [2.05, 4.69) is 16.9 Å². The minimum absolute atomic E-state index is 0.0565. The van der Waals surface area contributed by atoms with Gasteiger partial charge in [-0.1, -0.05) is 24.3 Å². The molecule has 0 N–H and O–H groups in total. The lowest BCUT2D eigenvalue weighted by molar-refractivity contribution is -0.274. The van der Waals surface area contributed by atoms with Gasteiger partial charge in [0.2, 0.25) is 6.41 Å². The molecule has 2 aliphatic rings. The number of rotatable bonds is 6. The number of hydrogen-bond donors (Lipinski definition) is 0. The summed E-state index contributed by atoms with van der Waals surface area (Å²) in [5.41, 5.74) is 4.60. The number of amides is 2. The van der Waals surface area contributed by atoms with Crippen LogP contribution in [0.4, 0.5) is 13.2 Å². The van der Waals surface area contributed by atoms with Crippen LogP contribution in [-0.2, 0) is 24.3 Å². The van der Waals surface area contributed by atoms with Crippen molar-refractivity contribution in [3.8, 4) is 5.75 Å². The Balaban J connectivity index is 1.42. The molecular formula is C24H25F3N2O3.